The van der Waals surface area contributed by atoms with Crippen LogP contribution < -0.4 is 0 Å². The van der Waals surface area contributed by atoms with E-state index in [1.54, 1.807) is 0 Å². The predicted molar refractivity (Wildman–Crippen MR) is 153 cm³/mol. The molecule has 0 radical (unpaired) electrons. The smallest absolute Gasteiger partial charge is 0.312 e. The predicted octanol–water partition coefficient (Wildman–Crippen LogP) is 9.98. The van der Waals surface area contributed by atoms with Gasteiger partial charge in [0.15, 0.2) is 0 Å². The summed E-state index contributed by atoms with van der Waals surface area (Å²) in [5.74, 6) is 0.821. The van der Waals surface area contributed by atoms with Crippen LogP contribution in [0.1, 0.15) is 164 Å². The number of unbranched alkanes of at least 4 members (excludes halogenated alkanes) is 7. The first-order valence-electron chi connectivity index (χ1n) is 15.7. The minimum Gasteiger partial charge on any atom is -0.481 e. The number of rotatable bonds is 25. The Hall–Kier alpha value is -1.06. The molecule has 1 N–H and O–H groups in total. The summed E-state index contributed by atoms with van der Waals surface area (Å²) in [6.07, 6.45) is 20.0. The Kier molecular flexibility index (Phi) is 21.3. The summed E-state index contributed by atoms with van der Waals surface area (Å²) in [6.45, 7) is 14.0. The maximum absolute atomic E-state index is 13.9. The molecule has 4 unspecified atom stereocenters. The molecular formula is C32H62O4. The van der Waals surface area contributed by atoms with Crippen LogP contribution in [0.5, 0.6) is 0 Å². The van der Waals surface area contributed by atoms with Gasteiger partial charge in [-0.15, -0.1) is 0 Å². The molecule has 36 heavy (non-hydrogen) atoms. The summed E-state index contributed by atoms with van der Waals surface area (Å²) >= 11 is 0. The van der Waals surface area contributed by atoms with Crippen molar-refractivity contribution >= 4 is 11.9 Å². The fraction of sp³-hybridized carbons (Fsp3) is 0.938. The Balaban J connectivity index is 5.31. The standard InChI is InChI=1S/C32H62O4/c1-7-13-21-27(9-3)25-32(12-6,31(35)36-26-28(10-4)22-14-8-2)29(11-5)23-19-17-15-16-18-20-24-30(33)34/h27-29H,7-26H2,1-6H3,(H,33,34). The van der Waals surface area contributed by atoms with Crippen LogP contribution in [0.4, 0.5) is 0 Å². The molecule has 4 atom stereocenters. The third kappa shape index (κ3) is 14.0. The molecule has 0 aromatic carbocycles. The number of esters is 1. The number of hydrogen-bond acceptors (Lipinski definition) is 3. The van der Waals surface area contributed by atoms with Gasteiger partial charge >= 0.3 is 11.9 Å². The lowest BCUT2D eigenvalue weighted by Gasteiger charge is -2.40. The van der Waals surface area contributed by atoms with E-state index in [4.69, 9.17) is 9.84 Å². The lowest BCUT2D eigenvalue weighted by atomic mass is 9.64. The molecule has 0 aliphatic carbocycles. The highest BCUT2D eigenvalue weighted by Crippen LogP contribution is 2.45. The molecule has 0 amide bonds. The molecule has 0 saturated heterocycles. The molecule has 0 aliphatic rings. The van der Waals surface area contributed by atoms with Crippen LogP contribution in [0, 0.1) is 23.2 Å². The molecule has 4 nitrogen and oxygen atoms in total. The topological polar surface area (TPSA) is 63.6 Å². The highest BCUT2D eigenvalue weighted by molar-refractivity contribution is 5.77. The molecule has 0 saturated carbocycles. The molecule has 0 bridgehead atoms. The molecule has 0 rings (SSSR count). The number of carbonyl (C=O) groups excluding carboxylic acids is 1. The van der Waals surface area contributed by atoms with Crippen LogP contribution >= 0.6 is 0 Å². The zero-order chi connectivity index (χ0) is 27.2. The first-order chi connectivity index (χ1) is 17.3. The van der Waals surface area contributed by atoms with Gasteiger partial charge in [0.25, 0.3) is 0 Å². The lowest BCUT2D eigenvalue weighted by Crippen LogP contribution is -2.42. The van der Waals surface area contributed by atoms with E-state index >= 15 is 0 Å². The van der Waals surface area contributed by atoms with Crippen molar-refractivity contribution in [2.24, 2.45) is 23.2 Å². The van der Waals surface area contributed by atoms with Crippen molar-refractivity contribution in [1.82, 2.24) is 0 Å². The number of hydrogen-bond donors (Lipinski definition) is 1. The van der Waals surface area contributed by atoms with Gasteiger partial charge in [-0.1, -0.05) is 125 Å². The van der Waals surface area contributed by atoms with Crippen molar-refractivity contribution in [3.63, 3.8) is 0 Å². The van der Waals surface area contributed by atoms with Gasteiger partial charge in [0, 0.05) is 6.42 Å². The molecule has 0 aromatic heterocycles. The highest BCUT2D eigenvalue weighted by atomic mass is 16.5. The first kappa shape index (κ1) is 34.9. The SMILES string of the molecule is CCCCC(CC)COC(=O)C(CC)(CC(CC)CCCC)C(CC)CCCCCCCCC(=O)O. The fourth-order valence-corrected chi connectivity index (χ4v) is 5.93. The van der Waals surface area contributed by atoms with Crippen molar-refractivity contribution < 1.29 is 19.4 Å². The molecular weight excluding hydrogens is 448 g/mol. The van der Waals surface area contributed by atoms with E-state index in [1.165, 1.54) is 38.5 Å². The molecule has 214 valence electrons. The largest absolute Gasteiger partial charge is 0.481 e. The van der Waals surface area contributed by atoms with Gasteiger partial charge in [0.2, 0.25) is 0 Å². The molecule has 0 aliphatic heterocycles. The number of ether oxygens (including phenoxy) is 1. The van der Waals surface area contributed by atoms with Crippen LogP contribution in [-0.4, -0.2) is 23.7 Å². The van der Waals surface area contributed by atoms with E-state index in [9.17, 15) is 9.59 Å². The first-order valence-corrected chi connectivity index (χ1v) is 15.7. The van der Waals surface area contributed by atoms with Crippen molar-refractivity contribution in [3.8, 4) is 0 Å². The normalized spacial score (nSPS) is 15.7. The minimum absolute atomic E-state index is 0.0791. The zero-order valence-corrected chi connectivity index (χ0v) is 25.0. The number of carbonyl (C=O) groups is 2. The summed E-state index contributed by atoms with van der Waals surface area (Å²) in [5.41, 5.74) is -0.367. The average molecular weight is 511 g/mol. The maximum atomic E-state index is 13.9. The van der Waals surface area contributed by atoms with Crippen molar-refractivity contribution in [3.05, 3.63) is 0 Å². The monoisotopic (exact) mass is 510 g/mol. The van der Waals surface area contributed by atoms with E-state index in [1.807, 2.05) is 0 Å². The van der Waals surface area contributed by atoms with Crippen LogP contribution in [0.2, 0.25) is 0 Å². The highest BCUT2D eigenvalue weighted by Gasteiger charge is 2.45. The quantitative estimate of drug-likeness (QED) is 0.0980. The molecule has 0 aromatic rings. The molecule has 4 heteroatoms. The van der Waals surface area contributed by atoms with Gasteiger partial charge in [0.1, 0.15) is 0 Å². The average Bonchev–Trinajstić information content (AvgIpc) is 2.88. The van der Waals surface area contributed by atoms with Crippen LogP contribution in [0.15, 0.2) is 0 Å². The van der Waals surface area contributed by atoms with Crippen LogP contribution in [0.3, 0.4) is 0 Å². The second-order valence-corrected chi connectivity index (χ2v) is 11.3. The summed E-state index contributed by atoms with van der Waals surface area (Å²) in [4.78, 5) is 24.6. The van der Waals surface area contributed by atoms with E-state index in [0.29, 0.717) is 24.4 Å². The van der Waals surface area contributed by atoms with E-state index < -0.39 is 5.97 Å². The van der Waals surface area contributed by atoms with Gasteiger partial charge in [0.05, 0.1) is 12.0 Å². The molecule has 0 heterocycles. The van der Waals surface area contributed by atoms with Crippen molar-refractivity contribution in [2.45, 2.75) is 164 Å². The summed E-state index contributed by atoms with van der Waals surface area (Å²) < 4.78 is 6.19. The Labute approximate surface area is 224 Å². The lowest BCUT2D eigenvalue weighted by molar-refractivity contribution is -0.164. The fourth-order valence-electron chi connectivity index (χ4n) is 5.93. The van der Waals surface area contributed by atoms with Gasteiger partial charge in [-0.3, -0.25) is 9.59 Å². The van der Waals surface area contributed by atoms with E-state index in [2.05, 4.69) is 41.5 Å². The van der Waals surface area contributed by atoms with Gasteiger partial charge in [-0.25, -0.2) is 0 Å². The number of aliphatic carboxylic acids is 1. The molecule has 0 spiro atoms. The third-order valence-electron chi connectivity index (χ3n) is 8.69. The van der Waals surface area contributed by atoms with Gasteiger partial charge in [-0.05, 0) is 49.9 Å². The van der Waals surface area contributed by atoms with Gasteiger partial charge in [-0.2, -0.15) is 0 Å². The van der Waals surface area contributed by atoms with Gasteiger partial charge < -0.3 is 9.84 Å². The third-order valence-corrected chi connectivity index (χ3v) is 8.69. The summed E-state index contributed by atoms with van der Waals surface area (Å²) in [6, 6.07) is 0. The number of carboxylic acid groups (broad SMARTS) is 1. The maximum Gasteiger partial charge on any atom is 0.312 e. The van der Waals surface area contributed by atoms with E-state index in [-0.39, 0.29) is 17.8 Å². The number of carboxylic acids is 1. The van der Waals surface area contributed by atoms with Crippen LogP contribution in [-0.2, 0) is 14.3 Å². The zero-order valence-electron chi connectivity index (χ0n) is 25.0. The van der Waals surface area contributed by atoms with Crippen molar-refractivity contribution in [1.29, 1.82) is 0 Å². The Morgan fingerprint density at radius 2 is 1.25 bits per heavy atom. The van der Waals surface area contributed by atoms with Crippen molar-refractivity contribution in [2.75, 3.05) is 6.61 Å². The second-order valence-electron chi connectivity index (χ2n) is 11.3. The minimum atomic E-state index is -0.691. The second kappa shape index (κ2) is 22.0. The van der Waals surface area contributed by atoms with Crippen LogP contribution in [0.25, 0.3) is 0 Å². The van der Waals surface area contributed by atoms with E-state index in [0.717, 1.165) is 77.0 Å². The summed E-state index contributed by atoms with van der Waals surface area (Å²) in [5, 5.41) is 8.80. The Bertz CT molecular complexity index is 546. The molecule has 0 fully saturated rings. The Morgan fingerprint density at radius 3 is 1.75 bits per heavy atom. The Morgan fingerprint density at radius 1 is 0.694 bits per heavy atom. The summed E-state index contributed by atoms with van der Waals surface area (Å²) in [7, 11) is 0.